The Balaban J connectivity index is 1.35. The first-order valence-electron chi connectivity index (χ1n) is 12.4. The van der Waals surface area contributed by atoms with Crippen molar-refractivity contribution in [1.82, 2.24) is 9.88 Å². The number of benzene rings is 3. The summed E-state index contributed by atoms with van der Waals surface area (Å²) < 4.78 is 6.44. The van der Waals surface area contributed by atoms with Crippen LogP contribution in [0.5, 0.6) is 10.8 Å². The van der Waals surface area contributed by atoms with Crippen LogP contribution < -0.4 is 9.64 Å². The molecule has 180 valence electrons. The van der Waals surface area contributed by atoms with Crippen LogP contribution in [-0.2, 0) is 5.41 Å². The minimum atomic E-state index is -0.528. The van der Waals surface area contributed by atoms with Gasteiger partial charge in [-0.25, -0.2) is 0 Å². The van der Waals surface area contributed by atoms with E-state index in [0.29, 0.717) is 0 Å². The third-order valence-electron chi connectivity index (χ3n) is 7.26. The zero-order valence-electron chi connectivity index (χ0n) is 20.4. The number of anilines is 1. The summed E-state index contributed by atoms with van der Waals surface area (Å²) in [5.41, 5.74) is 7.75. The van der Waals surface area contributed by atoms with E-state index < -0.39 is 5.41 Å². The lowest BCUT2D eigenvalue weighted by Crippen LogP contribution is -2.29. The Morgan fingerprint density at radius 1 is 0.811 bits per heavy atom. The van der Waals surface area contributed by atoms with E-state index in [2.05, 4.69) is 120 Å². The van der Waals surface area contributed by atoms with Crippen LogP contribution in [-0.4, -0.2) is 23.6 Å². The smallest absolute Gasteiger partial charge is 0.183 e. The van der Waals surface area contributed by atoms with Crippen LogP contribution >= 0.6 is 11.3 Å². The van der Waals surface area contributed by atoms with Crippen molar-refractivity contribution in [3.05, 3.63) is 143 Å². The van der Waals surface area contributed by atoms with E-state index in [-0.39, 0.29) is 0 Å². The lowest BCUT2D eigenvalue weighted by Gasteiger charge is -2.32. The Labute approximate surface area is 220 Å². The summed E-state index contributed by atoms with van der Waals surface area (Å²) in [7, 11) is 2.07. The lowest BCUT2D eigenvalue weighted by atomic mass is 9.70. The average Bonchev–Trinajstić information content (AvgIpc) is 3.66. The number of hydrogen-bond donors (Lipinski definition) is 0. The molecule has 0 saturated heterocycles. The molecule has 37 heavy (non-hydrogen) atoms. The number of fused-ring (bicyclic) bond motifs is 3. The standard InChI is InChI=1S/C32H25N3OS/c1-34-17-18-35(22-34)24-20-31(37-21-24)36-25-10-8-9-23(19-25)32(30-15-6-7-16-33-30)28-13-4-2-11-26(28)27-12-3-5-14-29(27)32/h2-21H,22H2,1H3. The molecule has 0 fully saturated rings. The van der Waals surface area contributed by atoms with Gasteiger partial charge in [0.25, 0.3) is 0 Å². The Morgan fingerprint density at radius 2 is 1.57 bits per heavy atom. The van der Waals surface area contributed by atoms with Gasteiger partial charge in [0.2, 0.25) is 0 Å². The van der Waals surface area contributed by atoms with Crippen LogP contribution in [0, 0.1) is 0 Å². The van der Waals surface area contributed by atoms with E-state index in [9.17, 15) is 0 Å². The first-order chi connectivity index (χ1) is 18.2. The second kappa shape index (κ2) is 8.64. The fourth-order valence-corrected chi connectivity index (χ4v) is 6.44. The Morgan fingerprint density at radius 3 is 2.27 bits per heavy atom. The molecule has 1 aliphatic carbocycles. The number of aromatic nitrogens is 1. The molecule has 1 aliphatic heterocycles. The van der Waals surface area contributed by atoms with Crippen LogP contribution in [0.4, 0.5) is 5.69 Å². The number of hydrogen-bond acceptors (Lipinski definition) is 5. The summed E-state index contributed by atoms with van der Waals surface area (Å²) in [4.78, 5) is 9.28. The highest BCUT2D eigenvalue weighted by atomic mass is 32.1. The van der Waals surface area contributed by atoms with Gasteiger partial charge in [0.1, 0.15) is 5.75 Å². The van der Waals surface area contributed by atoms with E-state index in [0.717, 1.165) is 34.4 Å². The van der Waals surface area contributed by atoms with E-state index >= 15 is 0 Å². The van der Waals surface area contributed by atoms with Gasteiger partial charge in [-0.15, -0.1) is 11.3 Å². The van der Waals surface area contributed by atoms with Gasteiger partial charge in [-0.3, -0.25) is 4.98 Å². The number of nitrogens with zero attached hydrogens (tertiary/aromatic N) is 3. The van der Waals surface area contributed by atoms with Crippen LogP contribution in [0.2, 0.25) is 0 Å². The summed E-state index contributed by atoms with van der Waals surface area (Å²) in [6.45, 7) is 0.844. The molecule has 2 aromatic heterocycles. The topological polar surface area (TPSA) is 28.6 Å². The molecule has 4 nitrogen and oxygen atoms in total. The molecule has 0 unspecified atom stereocenters. The SMILES string of the molecule is CN1C=CN(c2csc(Oc3cccc(C4(c5ccccn5)c5ccccc5-c5ccccc54)c3)c2)C1. The van der Waals surface area contributed by atoms with Gasteiger partial charge in [-0.2, -0.15) is 0 Å². The maximum absolute atomic E-state index is 6.44. The van der Waals surface area contributed by atoms with Crippen LogP contribution in [0.15, 0.2) is 121 Å². The highest BCUT2D eigenvalue weighted by molar-refractivity contribution is 7.12. The van der Waals surface area contributed by atoms with Gasteiger partial charge >= 0.3 is 0 Å². The molecule has 3 heterocycles. The largest absolute Gasteiger partial charge is 0.447 e. The lowest BCUT2D eigenvalue weighted by molar-refractivity contribution is 0.491. The number of thiophene rings is 1. The van der Waals surface area contributed by atoms with Crippen LogP contribution in [0.25, 0.3) is 11.1 Å². The third kappa shape index (κ3) is 3.46. The monoisotopic (exact) mass is 499 g/mol. The Kier molecular flexibility index (Phi) is 5.11. The quantitative estimate of drug-likeness (QED) is 0.246. The van der Waals surface area contributed by atoms with Gasteiger partial charge in [-0.1, -0.05) is 66.7 Å². The molecule has 5 aromatic rings. The molecular formula is C32H25N3OS. The highest BCUT2D eigenvalue weighted by Crippen LogP contribution is 2.55. The summed E-state index contributed by atoms with van der Waals surface area (Å²) in [6, 6.07) is 34.2. The molecule has 7 rings (SSSR count). The zero-order valence-corrected chi connectivity index (χ0v) is 21.2. The summed E-state index contributed by atoms with van der Waals surface area (Å²) in [6.07, 6.45) is 6.06. The molecule has 0 spiro atoms. The van der Waals surface area contributed by atoms with E-state index in [4.69, 9.17) is 9.72 Å². The Hall–Kier alpha value is -4.35. The van der Waals surface area contributed by atoms with E-state index in [1.165, 1.54) is 22.3 Å². The van der Waals surface area contributed by atoms with Crippen molar-refractivity contribution >= 4 is 17.0 Å². The number of ether oxygens (including phenoxy) is 1. The van der Waals surface area contributed by atoms with Gasteiger partial charge in [0.15, 0.2) is 5.06 Å². The van der Waals surface area contributed by atoms with Crippen molar-refractivity contribution in [3.63, 3.8) is 0 Å². The normalized spacial score (nSPS) is 15.1. The molecule has 0 N–H and O–H groups in total. The first kappa shape index (κ1) is 21.9. The molecule has 0 atom stereocenters. The van der Waals surface area contributed by atoms with Crippen molar-refractivity contribution in [2.75, 3.05) is 18.6 Å². The fraction of sp³-hybridized carbons (Fsp3) is 0.0938. The minimum Gasteiger partial charge on any atom is -0.447 e. The summed E-state index contributed by atoms with van der Waals surface area (Å²) >= 11 is 1.61. The molecule has 3 aromatic carbocycles. The van der Waals surface area contributed by atoms with Crippen molar-refractivity contribution < 1.29 is 4.74 Å². The minimum absolute atomic E-state index is 0.528. The molecular weight excluding hydrogens is 474 g/mol. The Bertz CT molecular complexity index is 1580. The average molecular weight is 500 g/mol. The maximum atomic E-state index is 6.44. The van der Waals surface area contributed by atoms with E-state index in [1.54, 1.807) is 11.3 Å². The predicted octanol–water partition coefficient (Wildman–Crippen LogP) is 7.48. The highest BCUT2D eigenvalue weighted by Gasteiger charge is 2.47. The van der Waals surface area contributed by atoms with Crippen molar-refractivity contribution in [3.8, 4) is 21.9 Å². The first-order valence-corrected chi connectivity index (χ1v) is 13.2. The van der Waals surface area contributed by atoms with Crippen LogP contribution in [0.1, 0.15) is 22.4 Å². The number of pyridine rings is 1. The second-order valence-electron chi connectivity index (χ2n) is 9.48. The van der Waals surface area contributed by atoms with Gasteiger partial charge in [0, 0.05) is 37.1 Å². The van der Waals surface area contributed by atoms with Gasteiger partial charge in [0.05, 0.1) is 23.5 Å². The number of rotatable bonds is 5. The zero-order chi connectivity index (χ0) is 24.8. The van der Waals surface area contributed by atoms with Gasteiger partial charge < -0.3 is 14.5 Å². The predicted molar refractivity (Wildman–Crippen MR) is 150 cm³/mol. The molecule has 0 saturated carbocycles. The molecule has 5 heteroatoms. The van der Waals surface area contributed by atoms with E-state index in [1.807, 2.05) is 18.3 Å². The third-order valence-corrected chi connectivity index (χ3v) is 8.05. The second-order valence-corrected chi connectivity index (χ2v) is 10.4. The van der Waals surface area contributed by atoms with Crippen LogP contribution in [0.3, 0.4) is 0 Å². The molecule has 0 amide bonds. The van der Waals surface area contributed by atoms with Crippen molar-refractivity contribution in [1.29, 1.82) is 0 Å². The fourth-order valence-electron chi connectivity index (χ4n) is 5.67. The maximum Gasteiger partial charge on any atom is 0.183 e. The summed E-state index contributed by atoms with van der Waals surface area (Å²) in [5.74, 6) is 0.817. The molecule has 0 bridgehead atoms. The van der Waals surface area contributed by atoms with Crippen molar-refractivity contribution in [2.24, 2.45) is 0 Å². The summed E-state index contributed by atoms with van der Waals surface area (Å²) in [5, 5.41) is 3.01. The van der Waals surface area contributed by atoms with Gasteiger partial charge in [-0.05, 0) is 52.1 Å². The van der Waals surface area contributed by atoms with Crippen molar-refractivity contribution in [2.45, 2.75) is 5.41 Å². The molecule has 2 aliphatic rings. The molecule has 0 radical (unpaired) electrons.